The Balaban J connectivity index is 0.00000312. The van der Waals surface area contributed by atoms with E-state index < -0.39 is 0 Å². The fourth-order valence-corrected chi connectivity index (χ4v) is 3.44. The van der Waals surface area contributed by atoms with E-state index >= 15 is 0 Å². The zero-order valence-electron chi connectivity index (χ0n) is 14.3. The first-order valence-corrected chi connectivity index (χ1v) is 9.55. The van der Waals surface area contributed by atoms with Gasteiger partial charge in [-0.25, -0.2) is 9.37 Å². The van der Waals surface area contributed by atoms with Crippen molar-refractivity contribution in [2.75, 3.05) is 20.1 Å². The lowest BCUT2D eigenvalue weighted by Gasteiger charge is -2.11. The molecule has 1 aromatic heterocycles. The molecule has 0 radical (unpaired) electrons. The zero-order chi connectivity index (χ0) is 17.4. The summed E-state index contributed by atoms with van der Waals surface area (Å²) >= 11 is 4.97. The Morgan fingerprint density at radius 1 is 1.28 bits per heavy atom. The van der Waals surface area contributed by atoms with Crippen molar-refractivity contribution < 1.29 is 4.39 Å². The van der Waals surface area contributed by atoms with E-state index in [9.17, 15) is 4.39 Å². The lowest BCUT2D eigenvalue weighted by molar-refractivity contribution is 0.620. The molecule has 0 aliphatic heterocycles. The van der Waals surface area contributed by atoms with Crippen LogP contribution in [0.4, 0.5) is 4.39 Å². The molecular formula is C17H23BrFIN4S. The van der Waals surface area contributed by atoms with Crippen LogP contribution in [0.25, 0.3) is 0 Å². The van der Waals surface area contributed by atoms with Gasteiger partial charge in [-0.1, -0.05) is 13.0 Å². The van der Waals surface area contributed by atoms with Crippen LogP contribution in [0.3, 0.4) is 0 Å². The maximum Gasteiger partial charge on any atom is 0.191 e. The molecular weight excluding hydrogens is 518 g/mol. The maximum absolute atomic E-state index is 13.2. The van der Waals surface area contributed by atoms with Crippen molar-refractivity contribution in [3.8, 4) is 0 Å². The predicted octanol–water partition coefficient (Wildman–Crippen LogP) is 4.18. The van der Waals surface area contributed by atoms with Crippen LogP contribution in [0.15, 0.2) is 33.9 Å². The van der Waals surface area contributed by atoms with Crippen molar-refractivity contribution in [3.05, 3.63) is 50.1 Å². The Bertz CT molecular complexity index is 693. The molecule has 0 saturated carbocycles. The Morgan fingerprint density at radius 2 is 2.00 bits per heavy atom. The van der Waals surface area contributed by atoms with Crippen molar-refractivity contribution in [1.29, 1.82) is 0 Å². The van der Waals surface area contributed by atoms with Crippen molar-refractivity contribution >= 4 is 57.2 Å². The molecule has 0 saturated heterocycles. The summed E-state index contributed by atoms with van der Waals surface area (Å²) < 4.78 is 13.7. The number of guanidine groups is 1. The molecule has 1 heterocycles. The molecule has 0 unspecified atom stereocenters. The minimum atomic E-state index is -0.238. The normalized spacial score (nSPS) is 11.1. The SMILES string of the molecule is CCc1cnc(CCNC(=NC)NCCc2ccc(F)c(Br)c2)s1.I. The van der Waals surface area contributed by atoms with Crippen LogP contribution >= 0.6 is 51.2 Å². The van der Waals surface area contributed by atoms with Gasteiger partial charge in [-0.3, -0.25) is 4.99 Å². The van der Waals surface area contributed by atoms with Crippen molar-refractivity contribution in [2.45, 2.75) is 26.2 Å². The highest BCUT2D eigenvalue weighted by atomic mass is 127. The van der Waals surface area contributed by atoms with Crippen molar-refractivity contribution in [2.24, 2.45) is 4.99 Å². The highest BCUT2D eigenvalue weighted by molar-refractivity contribution is 14.0. The number of halogens is 3. The summed E-state index contributed by atoms with van der Waals surface area (Å²) in [6.45, 7) is 3.66. The first-order chi connectivity index (χ1) is 11.6. The van der Waals surface area contributed by atoms with Crippen LogP contribution in [0.2, 0.25) is 0 Å². The van der Waals surface area contributed by atoms with Gasteiger partial charge in [0.15, 0.2) is 5.96 Å². The maximum atomic E-state index is 13.2. The summed E-state index contributed by atoms with van der Waals surface area (Å²) in [5.74, 6) is 0.529. The van der Waals surface area contributed by atoms with Gasteiger partial charge >= 0.3 is 0 Å². The number of aromatic nitrogens is 1. The van der Waals surface area contributed by atoms with Gasteiger partial charge in [0.1, 0.15) is 5.82 Å². The van der Waals surface area contributed by atoms with Crippen LogP contribution in [0.1, 0.15) is 22.4 Å². The van der Waals surface area contributed by atoms with Gasteiger partial charge in [0.25, 0.3) is 0 Å². The number of rotatable bonds is 7. The topological polar surface area (TPSA) is 49.3 Å². The summed E-state index contributed by atoms with van der Waals surface area (Å²) in [5.41, 5.74) is 1.07. The Morgan fingerprint density at radius 3 is 2.60 bits per heavy atom. The first-order valence-electron chi connectivity index (χ1n) is 7.94. The monoisotopic (exact) mass is 540 g/mol. The molecule has 0 bridgehead atoms. The second-order valence-corrected chi connectivity index (χ2v) is 7.30. The minimum absolute atomic E-state index is 0. The van der Waals surface area contributed by atoms with Crippen LogP contribution in [-0.2, 0) is 19.3 Å². The Labute approximate surface area is 177 Å². The quantitative estimate of drug-likeness (QED) is 0.315. The minimum Gasteiger partial charge on any atom is -0.356 e. The molecule has 2 aromatic rings. The van der Waals surface area contributed by atoms with Crippen molar-refractivity contribution in [3.63, 3.8) is 0 Å². The molecule has 0 aliphatic carbocycles. The number of nitrogens with one attached hydrogen (secondary N) is 2. The third-order valence-corrected chi connectivity index (χ3v) is 5.30. The molecule has 8 heteroatoms. The van der Waals surface area contributed by atoms with E-state index in [0.29, 0.717) is 4.47 Å². The summed E-state index contributed by atoms with van der Waals surface area (Å²) in [7, 11) is 1.75. The van der Waals surface area contributed by atoms with Gasteiger partial charge in [0.05, 0.1) is 9.48 Å². The van der Waals surface area contributed by atoms with E-state index in [-0.39, 0.29) is 29.8 Å². The summed E-state index contributed by atoms with van der Waals surface area (Å²) in [4.78, 5) is 9.94. The molecule has 2 rings (SSSR count). The summed E-state index contributed by atoms with van der Waals surface area (Å²) in [6, 6.07) is 5.08. The molecule has 0 fully saturated rings. The fourth-order valence-electron chi connectivity index (χ4n) is 2.16. The number of hydrogen-bond donors (Lipinski definition) is 2. The number of thiazole rings is 1. The molecule has 0 amide bonds. The highest BCUT2D eigenvalue weighted by Gasteiger charge is 2.03. The molecule has 0 spiro atoms. The van der Waals surface area contributed by atoms with E-state index in [1.165, 1.54) is 10.9 Å². The predicted molar refractivity (Wildman–Crippen MR) is 118 cm³/mol. The number of hydrogen-bond acceptors (Lipinski definition) is 3. The van der Waals surface area contributed by atoms with Crippen LogP contribution in [-0.4, -0.2) is 31.1 Å². The van der Waals surface area contributed by atoms with Crippen LogP contribution < -0.4 is 10.6 Å². The second kappa shape index (κ2) is 11.8. The number of aryl methyl sites for hydroxylation is 1. The standard InChI is InChI=1S/C17H22BrFN4S.HI/c1-3-13-11-23-16(24-13)7-9-22-17(20-2)21-8-6-12-4-5-15(19)14(18)10-12;/h4-5,10-11H,3,6-9H2,1-2H3,(H2,20,21,22);1H. The first kappa shape index (κ1) is 22.3. The average molecular weight is 541 g/mol. The summed E-state index contributed by atoms with van der Waals surface area (Å²) in [5, 5.41) is 7.70. The summed E-state index contributed by atoms with van der Waals surface area (Å²) in [6.07, 6.45) is 4.67. The molecule has 0 atom stereocenters. The lowest BCUT2D eigenvalue weighted by Crippen LogP contribution is -2.39. The Kier molecular flexibility index (Phi) is 10.5. The van der Waals surface area contributed by atoms with Gasteiger partial charge in [0, 0.05) is 37.6 Å². The molecule has 2 N–H and O–H groups in total. The van der Waals surface area contributed by atoms with Crippen LogP contribution in [0.5, 0.6) is 0 Å². The molecule has 138 valence electrons. The van der Waals surface area contributed by atoms with E-state index in [4.69, 9.17) is 0 Å². The third kappa shape index (κ3) is 7.57. The van der Waals surface area contributed by atoms with Gasteiger partial charge in [-0.2, -0.15) is 0 Å². The average Bonchev–Trinajstić information content (AvgIpc) is 3.04. The van der Waals surface area contributed by atoms with Crippen molar-refractivity contribution in [1.82, 2.24) is 15.6 Å². The van der Waals surface area contributed by atoms with Gasteiger partial charge in [-0.15, -0.1) is 35.3 Å². The van der Waals surface area contributed by atoms with E-state index in [0.717, 1.165) is 48.9 Å². The van der Waals surface area contributed by atoms with Crippen LogP contribution in [0, 0.1) is 5.82 Å². The largest absolute Gasteiger partial charge is 0.356 e. The number of nitrogens with zero attached hydrogens (tertiary/aromatic N) is 2. The zero-order valence-corrected chi connectivity index (χ0v) is 19.0. The Hall–Kier alpha value is -0.740. The van der Waals surface area contributed by atoms with Gasteiger partial charge in [0.2, 0.25) is 0 Å². The number of aliphatic imine (C=N–C) groups is 1. The fraction of sp³-hybridized carbons (Fsp3) is 0.412. The second-order valence-electron chi connectivity index (χ2n) is 5.25. The van der Waals surface area contributed by atoms with Gasteiger partial charge < -0.3 is 10.6 Å². The molecule has 25 heavy (non-hydrogen) atoms. The van der Waals surface area contributed by atoms with E-state index in [2.05, 4.69) is 43.5 Å². The molecule has 0 aliphatic rings. The van der Waals surface area contributed by atoms with Gasteiger partial charge in [-0.05, 0) is 46.5 Å². The van der Waals surface area contributed by atoms with E-state index in [1.54, 1.807) is 30.5 Å². The number of benzene rings is 1. The molecule has 1 aromatic carbocycles. The smallest absolute Gasteiger partial charge is 0.191 e. The lowest BCUT2D eigenvalue weighted by atomic mass is 10.1. The molecule has 4 nitrogen and oxygen atoms in total. The van der Waals surface area contributed by atoms with E-state index in [1.807, 2.05) is 6.20 Å². The third-order valence-electron chi connectivity index (χ3n) is 3.49. The highest BCUT2D eigenvalue weighted by Crippen LogP contribution is 2.17.